The molecule has 1 fully saturated rings. The van der Waals surface area contributed by atoms with Gasteiger partial charge in [0.15, 0.2) is 6.61 Å². The number of rotatable bonds is 5. The summed E-state index contributed by atoms with van der Waals surface area (Å²) in [7, 11) is 0. The summed E-state index contributed by atoms with van der Waals surface area (Å²) in [6.45, 7) is 3.75. The van der Waals surface area contributed by atoms with Crippen molar-refractivity contribution in [1.82, 2.24) is 0 Å². The number of nitrogens with one attached hydrogen (secondary N) is 1. The van der Waals surface area contributed by atoms with Gasteiger partial charge in [0.2, 0.25) is 5.91 Å². The van der Waals surface area contributed by atoms with Crippen LogP contribution in [0, 0.1) is 19.8 Å². The van der Waals surface area contributed by atoms with Crippen LogP contribution in [0.4, 0.5) is 11.4 Å². The molecule has 0 spiro atoms. The van der Waals surface area contributed by atoms with Gasteiger partial charge in [0.25, 0.3) is 5.91 Å². The highest BCUT2D eigenvalue weighted by molar-refractivity contribution is 6.30. The van der Waals surface area contributed by atoms with E-state index in [-0.39, 0.29) is 18.9 Å². The van der Waals surface area contributed by atoms with E-state index in [0.717, 1.165) is 16.8 Å². The normalized spacial score (nSPS) is 16.2. The molecule has 1 aliphatic heterocycles. The van der Waals surface area contributed by atoms with Gasteiger partial charge in [-0.1, -0.05) is 23.7 Å². The quantitative estimate of drug-likeness (QED) is 0.779. The summed E-state index contributed by atoms with van der Waals surface area (Å²) < 4.78 is 5.11. The van der Waals surface area contributed by atoms with Gasteiger partial charge in [-0.05, 0) is 55.3 Å². The highest BCUT2D eigenvalue weighted by Crippen LogP contribution is 2.27. The van der Waals surface area contributed by atoms with E-state index in [1.54, 1.807) is 29.2 Å². The summed E-state index contributed by atoms with van der Waals surface area (Å²) in [5.41, 5.74) is 3.39. The third-order valence-electron chi connectivity index (χ3n) is 4.43. The predicted octanol–water partition coefficient (Wildman–Crippen LogP) is 3.49. The SMILES string of the molecule is Cc1cc(C)cc(N2C[C@H](C(=O)OCC(=O)Nc3cccc(Cl)c3)CC2=O)c1. The molecule has 0 aliphatic carbocycles. The molecule has 0 aromatic heterocycles. The first-order valence-corrected chi connectivity index (χ1v) is 9.30. The molecule has 146 valence electrons. The Balaban J connectivity index is 1.55. The van der Waals surface area contributed by atoms with Crippen LogP contribution in [0.15, 0.2) is 42.5 Å². The fraction of sp³-hybridized carbons (Fsp3) is 0.286. The van der Waals surface area contributed by atoms with Gasteiger partial charge in [-0.3, -0.25) is 14.4 Å². The van der Waals surface area contributed by atoms with Crippen molar-refractivity contribution in [2.24, 2.45) is 5.92 Å². The first-order chi connectivity index (χ1) is 13.3. The van der Waals surface area contributed by atoms with Crippen LogP contribution in [-0.2, 0) is 19.1 Å². The zero-order valence-corrected chi connectivity index (χ0v) is 16.5. The number of hydrogen-bond acceptors (Lipinski definition) is 4. The number of esters is 1. The third-order valence-corrected chi connectivity index (χ3v) is 4.67. The van der Waals surface area contributed by atoms with Crippen molar-refractivity contribution in [1.29, 1.82) is 0 Å². The standard InChI is InChI=1S/C21H21ClN2O4/c1-13-6-14(2)8-18(7-13)24-11-15(9-20(24)26)21(27)28-12-19(25)23-17-5-3-4-16(22)10-17/h3-8,10,15H,9,11-12H2,1-2H3,(H,23,25)/t15-/m1/s1. The second-order valence-corrected chi connectivity index (χ2v) is 7.35. The van der Waals surface area contributed by atoms with E-state index in [1.165, 1.54) is 0 Å². The van der Waals surface area contributed by atoms with Crippen molar-refractivity contribution < 1.29 is 19.1 Å². The van der Waals surface area contributed by atoms with Crippen LogP contribution in [0.3, 0.4) is 0 Å². The molecular formula is C21H21ClN2O4. The number of amides is 2. The fourth-order valence-corrected chi connectivity index (χ4v) is 3.43. The van der Waals surface area contributed by atoms with E-state index in [1.807, 2.05) is 32.0 Å². The molecule has 1 heterocycles. The summed E-state index contributed by atoms with van der Waals surface area (Å²) >= 11 is 5.87. The second-order valence-electron chi connectivity index (χ2n) is 6.92. The van der Waals surface area contributed by atoms with Crippen LogP contribution in [0.1, 0.15) is 17.5 Å². The Bertz CT molecular complexity index is 908. The zero-order chi connectivity index (χ0) is 20.3. The Morgan fingerprint density at radius 2 is 1.89 bits per heavy atom. The van der Waals surface area contributed by atoms with E-state index in [2.05, 4.69) is 5.32 Å². The second kappa shape index (κ2) is 8.44. The van der Waals surface area contributed by atoms with Crippen LogP contribution in [0.2, 0.25) is 5.02 Å². The van der Waals surface area contributed by atoms with Crippen LogP contribution in [-0.4, -0.2) is 30.9 Å². The lowest BCUT2D eigenvalue weighted by Gasteiger charge is -2.18. The number of aryl methyl sites for hydroxylation is 2. The largest absolute Gasteiger partial charge is 0.455 e. The first-order valence-electron chi connectivity index (χ1n) is 8.92. The van der Waals surface area contributed by atoms with Crippen LogP contribution < -0.4 is 10.2 Å². The van der Waals surface area contributed by atoms with Gasteiger partial charge in [-0.25, -0.2) is 0 Å². The van der Waals surface area contributed by atoms with Crippen molar-refractivity contribution in [3.63, 3.8) is 0 Å². The molecule has 1 N–H and O–H groups in total. The lowest BCUT2D eigenvalue weighted by molar-refractivity contribution is -0.151. The maximum Gasteiger partial charge on any atom is 0.311 e. The van der Waals surface area contributed by atoms with Gasteiger partial charge in [-0.15, -0.1) is 0 Å². The lowest BCUT2D eigenvalue weighted by atomic mass is 10.1. The molecule has 2 amide bonds. The highest BCUT2D eigenvalue weighted by Gasteiger charge is 2.36. The average Bonchev–Trinajstić information content (AvgIpc) is 3.01. The highest BCUT2D eigenvalue weighted by atomic mass is 35.5. The van der Waals surface area contributed by atoms with Crippen molar-refractivity contribution in [3.8, 4) is 0 Å². The van der Waals surface area contributed by atoms with E-state index >= 15 is 0 Å². The molecule has 0 unspecified atom stereocenters. The van der Waals surface area contributed by atoms with E-state index in [0.29, 0.717) is 10.7 Å². The first kappa shape index (κ1) is 19.9. The van der Waals surface area contributed by atoms with Crippen LogP contribution >= 0.6 is 11.6 Å². The summed E-state index contributed by atoms with van der Waals surface area (Å²) in [6, 6.07) is 12.5. The molecule has 1 atom stereocenters. The van der Waals surface area contributed by atoms with Gasteiger partial charge in [0.1, 0.15) is 0 Å². The number of hydrogen-bond donors (Lipinski definition) is 1. The number of ether oxygens (including phenoxy) is 1. The van der Waals surface area contributed by atoms with Gasteiger partial charge in [-0.2, -0.15) is 0 Å². The molecule has 2 aromatic carbocycles. The Kier molecular flexibility index (Phi) is 5.99. The minimum absolute atomic E-state index is 0.0712. The Morgan fingerprint density at radius 1 is 1.18 bits per heavy atom. The summed E-state index contributed by atoms with van der Waals surface area (Å²) in [6.07, 6.45) is 0.0712. The summed E-state index contributed by atoms with van der Waals surface area (Å²) in [5, 5.41) is 3.10. The Hall–Kier alpha value is -2.86. The van der Waals surface area contributed by atoms with Crippen LogP contribution in [0.25, 0.3) is 0 Å². The maximum atomic E-state index is 12.3. The topological polar surface area (TPSA) is 75.7 Å². The molecule has 1 saturated heterocycles. The Morgan fingerprint density at radius 3 is 2.57 bits per heavy atom. The van der Waals surface area contributed by atoms with Gasteiger partial charge in [0, 0.05) is 29.4 Å². The molecule has 0 saturated carbocycles. The minimum Gasteiger partial charge on any atom is -0.455 e. The molecule has 0 bridgehead atoms. The summed E-state index contributed by atoms with van der Waals surface area (Å²) in [5.74, 6) is -1.74. The molecular weight excluding hydrogens is 380 g/mol. The van der Waals surface area contributed by atoms with Crippen LogP contribution in [0.5, 0.6) is 0 Å². The van der Waals surface area contributed by atoms with Crippen molar-refractivity contribution >= 4 is 40.8 Å². The zero-order valence-electron chi connectivity index (χ0n) is 15.7. The number of carbonyl (C=O) groups excluding carboxylic acids is 3. The number of halogens is 1. The molecule has 28 heavy (non-hydrogen) atoms. The number of benzene rings is 2. The molecule has 3 rings (SSSR count). The molecule has 2 aromatic rings. The lowest BCUT2D eigenvalue weighted by Crippen LogP contribution is -2.28. The number of nitrogens with zero attached hydrogens (tertiary/aromatic N) is 1. The van der Waals surface area contributed by atoms with E-state index in [9.17, 15) is 14.4 Å². The minimum atomic E-state index is -0.590. The average molecular weight is 401 g/mol. The van der Waals surface area contributed by atoms with E-state index < -0.39 is 24.4 Å². The van der Waals surface area contributed by atoms with Crippen molar-refractivity contribution in [3.05, 3.63) is 58.6 Å². The van der Waals surface area contributed by atoms with Gasteiger partial charge < -0.3 is 15.0 Å². The maximum absolute atomic E-state index is 12.3. The van der Waals surface area contributed by atoms with Gasteiger partial charge >= 0.3 is 5.97 Å². The monoisotopic (exact) mass is 400 g/mol. The molecule has 6 nitrogen and oxygen atoms in total. The fourth-order valence-electron chi connectivity index (χ4n) is 3.24. The smallest absolute Gasteiger partial charge is 0.311 e. The van der Waals surface area contributed by atoms with Crippen molar-refractivity contribution in [2.45, 2.75) is 20.3 Å². The third kappa shape index (κ3) is 4.89. The Labute approximate surface area is 168 Å². The van der Waals surface area contributed by atoms with Gasteiger partial charge in [0.05, 0.1) is 5.92 Å². The molecule has 0 radical (unpaired) electrons. The number of anilines is 2. The predicted molar refractivity (Wildman–Crippen MR) is 107 cm³/mol. The van der Waals surface area contributed by atoms with Crippen molar-refractivity contribution in [2.75, 3.05) is 23.4 Å². The molecule has 1 aliphatic rings. The molecule has 7 heteroatoms. The summed E-state index contributed by atoms with van der Waals surface area (Å²) in [4.78, 5) is 38.2. The number of carbonyl (C=O) groups is 3. The van der Waals surface area contributed by atoms with E-state index in [4.69, 9.17) is 16.3 Å².